The Kier molecular flexibility index (Phi) is 3.68. The van der Waals surface area contributed by atoms with Gasteiger partial charge in [-0.15, -0.1) is 11.3 Å². The molecule has 96 valence electrons. The van der Waals surface area contributed by atoms with Crippen LogP contribution in [-0.2, 0) is 16.4 Å². The Labute approximate surface area is 111 Å². The van der Waals surface area contributed by atoms with E-state index >= 15 is 0 Å². The molecule has 0 spiro atoms. The summed E-state index contributed by atoms with van der Waals surface area (Å²) in [5.74, 6) is 0. The number of thiazole rings is 1. The lowest BCUT2D eigenvalue weighted by molar-refractivity contribution is 0.602. The average Bonchev–Trinajstić information content (AvgIpc) is 2.72. The molecular weight excluding hydrogens is 268 g/mol. The number of benzene rings is 1. The zero-order valence-corrected chi connectivity index (χ0v) is 11.8. The second-order valence-electron chi connectivity index (χ2n) is 4.00. The number of anilines is 1. The van der Waals surface area contributed by atoms with Crippen LogP contribution in [0.3, 0.4) is 0 Å². The van der Waals surface area contributed by atoms with Gasteiger partial charge in [-0.1, -0.05) is 12.1 Å². The van der Waals surface area contributed by atoms with Crippen LogP contribution in [0.15, 0.2) is 34.5 Å². The van der Waals surface area contributed by atoms with Gasteiger partial charge in [-0.2, -0.15) is 0 Å². The van der Waals surface area contributed by atoms with E-state index < -0.39 is 9.84 Å². The largest absolute Gasteiger partial charge is 0.377 e. The Bertz CT molecular complexity index is 648. The summed E-state index contributed by atoms with van der Waals surface area (Å²) in [6.07, 6.45) is 1.21. The zero-order chi connectivity index (χ0) is 13.2. The van der Waals surface area contributed by atoms with Gasteiger partial charge < -0.3 is 5.32 Å². The van der Waals surface area contributed by atoms with Crippen LogP contribution in [0.1, 0.15) is 10.7 Å². The first kappa shape index (κ1) is 13.0. The molecule has 6 heteroatoms. The fraction of sp³-hybridized carbons (Fsp3) is 0.250. The van der Waals surface area contributed by atoms with Crippen LogP contribution < -0.4 is 5.32 Å². The molecule has 1 aromatic heterocycles. The van der Waals surface area contributed by atoms with E-state index in [1.165, 1.54) is 6.26 Å². The standard InChI is InChI=1S/C12H14N2O2S2/c1-9-8-17-12(14-9)7-13-10-5-3-4-6-11(10)18(2,15)16/h3-6,8,13H,7H2,1-2H3. The summed E-state index contributed by atoms with van der Waals surface area (Å²) < 4.78 is 23.2. The van der Waals surface area contributed by atoms with E-state index in [0.717, 1.165) is 10.7 Å². The SMILES string of the molecule is Cc1csc(CNc2ccccc2S(C)(=O)=O)n1. The molecule has 0 unspecified atom stereocenters. The Morgan fingerprint density at radius 3 is 2.67 bits per heavy atom. The molecule has 0 atom stereocenters. The van der Waals surface area contributed by atoms with Crippen molar-refractivity contribution in [1.82, 2.24) is 4.98 Å². The quantitative estimate of drug-likeness (QED) is 0.936. The van der Waals surface area contributed by atoms with Crippen LogP contribution in [0.25, 0.3) is 0 Å². The number of nitrogens with zero attached hydrogens (tertiary/aromatic N) is 1. The van der Waals surface area contributed by atoms with Crippen molar-refractivity contribution in [3.8, 4) is 0 Å². The molecule has 18 heavy (non-hydrogen) atoms. The van der Waals surface area contributed by atoms with Crippen molar-refractivity contribution in [2.45, 2.75) is 18.4 Å². The topological polar surface area (TPSA) is 59.1 Å². The number of rotatable bonds is 4. The van der Waals surface area contributed by atoms with Gasteiger partial charge in [0.25, 0.3) is 0 Å². The molecule has 4 nitrogen and oxygen atoms in total. The van der Waals surface area contributed by atoms with E-state index in [2.05, 4.69) is 10.3 Å². The summed E-state index contributed by atoms with van der Waals surface area (Å²) in [7, 11) is -3.21. The summed E-state index contributed by atoms with van der Waals surface area (Å²) in [5.41, 5.74) is 1.60. The van der Waals surface area contributed by atoms with Crippen molar-refractivity contribution >= 4 is 26.9 Å². The van der Waals surface area contributed by atoms with Crippen molar-refractivity contribution < 1.29 is 8.42 Å². The molecular formula is C12H14N2O2S2. The minimum atomic E-state index is -3.21. The molecule has 0 aliphatic carbocycles. The first-order valence-corrected chi connectivity index (χ1v) is 8.18. The van der Waals surface area contributed by atoms with Crippen LogP contribution in [-0.4, -0.2) is 19.7 Å². The lowest BCUT2D eigenvalue weighted by Gasteiger charge is -2.09. The molecule has 0 amide bonds. The molecule has 0 aliphatic heterocycles. The van der Waals surface area contributed by atoms with E-state index in [1.54, 1.807) is 29.5 Å². The average molecular weight is 282 g/mol. The third-order valence-electron chi connectivity index (χ3n) is 2.38. The van der Waals surface area contributed by atoms with Crippen LogP contribution in [0, 0.1) is 6.92 Å². The first-order valence-electron chi connectivity index (χ1n) is 5.41. The van der Waals surface area contributed by atoms with E-state index in [-0.39, 0.29) is 0 Å². The van der Waals surface area contributed by atoms with E-state index in [4.69, 9.17) is 0 Å². The molecule has 1 heterocycles. The van der Waals surface area contributed by atoms with Gasteiger partial charge in [-0.05, 0) is 19.1 Å². The van der Waals surface area contributed by atoms with Crippen LogP contribution in [0.2, 0.25) is 0 Å². The summed E-state index contributed by atoms with van der Waals surface area (Å²) in [6.45, 7) is 2.47. The summed E-state index contributed by atoms with van der Waals surface area (Å²) >= 11 is 1.56. The highest BCUT2D eigenvalue weighted by molar-refractivity contribution is 7.90. The molecule has 0 radical (unpaired) electrons. The maximum Gasteiger partial charge on any atom is 0.177 e. The highest BCUT2D eigenvalue weighted by atomic mass is 32.2. The number of aromatic nitrogens is 1. The fourth-order valence-corrected chi connectivity index (χ4v) is 3.17. The highest BCUT2D eigenvalue weighted by Crippen LogP contribution is 2.21. The smallest absolute Gasteiger partial charge is 0.177 e. The van der Waals surface area contributed by atoms with Gasteiger partial charge in [-0.25, -0.2) is 13.4 Å². The Morgan fingerprint density at radius 1 is 1.33 bits per heavy atom. The molecule has 2 rings (SSSR count). The highest BCUT2D eigenvalue weighted by Gasteiger charge is 2.12. The number of hydrogen-bond donors (Lipinski definition) is 1. The first-order chi connectivity index (χ1) is 8.47. The minimum Gasteiger partial charge on any atom is -0.377 e. The van der Waals surface area contributed by atoms with Gasteiger partial charge in [0.2, 0.25) is 0 Å². The predicted molar refractivity (Wildman–Crippen MR) is 73.7 cm³/mol. The second kappa shape index (κ2) is 5.07. The number of hydrogen-bond acceptors (Lipinski definition) is 5. The molecule has 2 aromatic rings. The van der Waals surface area contributed by atoms with Gasteiger partial charge in [0.05, 0.1) is 17.1 Å². The lowest BCUT2D eigenvalue weighted by Crippen LogP contribution is -2.05. The van der Waals surface area contributed by atoms with Gasteiger partial charge >= 0.3 is 0 Å². The Balaban J connectivity index is 2.20. The van der Waals surface area contributed by atoms with Crippen molar-refractivity contribution in [2.24, 2.45) is 0 Å². The number of nitrogens with one attached hydrogen (secondary N) is 1. The Morgan fingerprint density at radius 2 is 2.06 bits per heavy atom. The zero-order valence-electron chi connectivity index (χ0n) is 10.2. The van der Waals surface area contributed by atoms with Gasteiger partial charge in [-0.3, -0.25) is 0 Å². The molecule has 0 saturated heterocycles. The molecule has 1 N–H and O–H groups in total. The minimum absolute atomic E-state index is 0.318. The van der Waals surface area contributed by atoms with Crippen molar-refractivity contribution in [1.29, 1.82) is 0 Å². The van der Waals surface area contributed by atoms with Crippen molar-refractivity contribution in [3.05, 3.63) is 40.3 Å². The fourth-order valence-electron chi connectivity index (χ4n) is 1.59. The molecule has 0 saturated carbocycles. The lowest BCUT2D eigenvalue weighted by atomic mass is 10.3. The number of para-hydroxylation sites is 1. The van der Waals surface area contributed by atoms with Gasteiger partial charge in [0.15, 0.2) is 9.84 Å². The number of sulfone groups is 1. The van der Waals surface area contributed by atoms with Crippen LogP contribution in [0.4, 0.5) is 5.69 Å². The van der Waals surface area contributed by atoms with E-state index in [0.29, 0.717) is 17.1 Å². The molecule has 0 aliphatic rings. The third-order valence-corrected chi connectivity index (χ3v) is 4.50. The monoisotopic (exact) mass is 282 g/mol. The maximum atomic E-state index is 11.6. The van der Waals surface area contributed by atoms with Gasteiger partial charge in [0, 0.05) is 17.3 Å². The second-order valence-corrected chi connectivity index (χ2v) is 6.93. The predicted octanol–water partition coefficient (Wildman–Crippen LogP) is 2.47. The molecule has 1 aromatic carbocycles. The van der Waals surface area contributed by atoms with Crippen molar-refractivity contribution in [2.75, 3.05) is 11.6 Å². The van der Waals surface area contributed by atoms with Crippen molar-refractivity contribution in [3.63, 3.8) is 0 Å². The molecule has 0 bridgehead atoms. The summed E-state index contributed by atoms with van der Waals surface area (Å²) in [6, 6.07) is 6.89. The molecule has 0 fully saturated rings. The third kappa shape index (κ3) is 3.08. The van der Waals surface area contributed by atoms with E-state index in [1.807, 2.05) is 18.4 Å². The Hall–Kier alpha value is -1.40. The van der Waals surface area contributed by atoms with E-state index in [9.17, 15) is 8.42 Å². The maximum absolute atomic E-state index is 11.6. The van der Waals surface area contributed by atoms with Crippen LogP contribution >= 0.6 is 11.3 Å². The number of aryl methyl sites for hydroxylation is 1. The normalized spacial score (nSPS) is 11.4. The van der Waals surface area contributed by atoms with Gasteiger partial charge in [0.1, 0.15) is 5.01 Å². The van der Waals surface area contributed by atoms with Crippen LogP contribution in [0.5, 0.6) is 0 Å². The summed E-state index contributed by atoms with van der Waals surface area (Å²) in [4.78, 5) is 4.64. The summed E-state index contributed by atoms with van der Waals surface area (Å²) in [5, 5.41) is 6.03.